The quantitative estimate of drug-likeness (QED) is 0.269. The molecule has 0 spiro atoms. The summed E-state index contributed by atoms with van der Waals surface area (Å²) in [5.41, 5.74) is 18.4. The minimum atomic E-state index is -0.863. The van der Waals surface area contributed by atoms with E-state index in [1.54, 1.807) is 0 Å². The van der Waals surface area contributed by atoms with E-state index in [1.807, 2.05) is 12.2 Å². The highest BCUT2D eigenvalue weighted by Crippen LogP contribution is 2.36. The van der Waals surface area contributed by atoms with E-state index in [0.29, 0.717) is 11.1 Å². The molecule has 0 aromatic heterocycles. The molecule has 3 aliphatic rings. The normalized spacial score (nSPS) is 34.8. The topological polar surface area (TPSA) is 152 Å². The molecule has 0 atom stereocenters. The van der Waals surface area contributed by atoms with Crippen molar-refractivity contribution in [1.82, 2.24) is 0 Å². The van der Waals surface area contributed by atoms with Crippen LogP contribution in [-0.2, 0) is 9.59 Å². The van der Waals surface area contributed by atoms with Gasteiger partial charge in [-0.2, -0.15) is 0 Å². The molecule has 3 rings (SSSR count). The number of aliphatic carboxylic acids is 1. The van der Waals surface area contributed by atoms with Gasteiger partial charge in [-0.1, -0.05) is 22.4 Å². The van der Waals surface area contributed by atoms with Crippen molar-refractivity contribution >= 4 is 11.8 Å². The summed E-state index contributed by atoms with van der Waals surface area (Å²) in [7, 11) is 0. The number of allylic oxidation sites excluding steroid dienone is 4. The van der Waals surface area contributed by atoms with Crippen molar-refractivity contribution in [1.29, 1.82) is 0 Å². The predicted octanol–water partition coefficient (Wildman–Crippen LogP) is 5.64. The Bertz CT molecular complexity index is 762. The van der Waals surface area contributed by atoms with Crippen LogP contribution in [0.2, 0.25) is 0 Å². The summed E-state index contributed by atoms with van der Waals surface area (Å²) in [5, 5.41) is 17.2. The van der Waals surface area contributed by atoms with E-state index < -0.39 is 11.9 Å². The first-order valence-corrected chi connectivity index (χ1v) is 10.8. The monoisotopic (exact) mass is 412 g/mol. The minimum Gasteiger partial charge on any atom is -0.481 e. The van der Waals surface area contributed by atoms with Gasteiger partial charge in [0, 0.05) is 21.9 Å². The number of carbonyl (C=O) groups is 2. The Morgan fingerprint density at radius 3 is 1.57 bits per heavy atom. The molecule has 0 aromatic carbocycles. The number of carboxylic acid groups (broad SMARTS) is 1. The van der Waals surface area contributed by atoms with Crippen molar-refractivity contribution < 1.29 is 14.7 Å². The Hall–Kier alpha value is -2.76. The van der Waals surface area contributed by atoms with E-state index in [1.165, 1.54) is 0 Å². The number of hydrogen-bond acceptors (Lipinski definition) is 4. The molecule has 3 aliphatic carbocycles. The standard InChI is InChI=1S/C21H28N6O3/c22-26-24-18-5-1-13(2-6-18)9-15-11-17(21(29)30)12-16(20(15)28)10-14-3-7-19(8-4-14)25-27-23/h9-10,13-14,17-19H,1-8,11-12H2,(H,29,30)/b15-9+,16-10+. The molecule has 0 heterocycles. The summed E-state index contributed by atoms with van der Waals surface area (Å²) in [4.78, 5) is 30.6. The highest BCUT2D eigenvalue weighted by atomic mass is 16.4. The van der Waals surface area contributed by atoms with Gasteiger partial charge in [0.25, 0.3) is 0 Å². The average molecular weight is 412 g/mol. The molecule has 0 aromatic rings. The van der Waals surface area contributed by atoms with Crippen molar-refractivity contribution in [3.63, 3.8) is 0 Å². The van der Waals surface area contributed by atoms with Gasteiger partial charge in [0.05, 0.1) is 5.92 Å². The third kappa shape index (κ3) is 5.65. The maximum atomic E-state index is 13.1. The predicted molar refractivity (Wildman–Crippen MR) is 111 cm³/mol. The Morgan fingerprint density at radius 1 is 0.833 bits per heavy atom. The first kappa shape index (κ1) is 21.9. The number of hydrogen-bond donors (Lipinski definition) is 1. The van der Waals surface area contributed by atoms with Crippen LogP contribution in [0.4, 0.5) is 0 Å². The fourth-order valence-corrected chi connectivity index (χ4v) is 4.94. The van der Waals surface area contributed by atoms with Gasteiger partial charge >= 0.3 is 5.97 Å². The third-order valence-corrected chi connectivity index (χ3v) is 6.65. The van der Waals surface area contributed by atoms with E-state index >= 15 is 0 Å². The minimum absolute atomic E-state index is 0.0122. The lowest BCUT2D eigenvalue weighted by atomic mass is 9.76. The number of Topliss-reactive ketones (excluding diaryl/α,β-unsaturated/α-hetero) is 1. The summed E-state index contributed by atoms with van der Waals surface area (Å²) >= 11 is 0. The molecule has 0 aliphatic heterocycles. The Balaban J connectivity index is 1.72. The molecule has 9 nitrogen and oxygen atoms in total. The highest BCUT2D eigenvalue weighted by Gasteiger charge is 2.33. The molecule has 1 N–H and O–H groups in total. The molecular formula is C21H28N6O3. The lowest BCUT2D eigenvalue weighted by molar-refractivity contribution is -0.142. The Morgan fingerprint density at radius 2 is 1.23 bits per heavy atom. The van der Waals surface area contributed by atoms with Crippen LogP contribution in [0.5, 0.6) is 0 Å². The van der Waals surface area contributed by atoms with Crippen molar-refractivity contribution in [3.8, 4) is 0 Å². The van der Waals surface area contributed by atoms with Crippen LogP contribution in [0.15, 0.2) is 33.5 Å². The Labute approximate surface area is 175 Å². The molecular weight excluding hydrogens is 384 g/mol. The number of ketones is 1. The van der Waals surface area contributed by atoms with Crippen LogP contribution < -0.4 is 0 Å². The van der Waals surface area contributed by atoms with Crippen LogP contribution in [0, 0.1) is 17.8 Å². The number of carbonyl (C=O) groups excluding carboxylic acids is 1. The fourth-order valence-electron chi connectivity index (χ4n) is 4.94. The lowest BCUT2D eigenvalue weighted by Gasteiger charge is -2.29. The summed E-state index contributed by atoms with van der Waals surface area (Å²) in [6, 6.07) is 0.0452. The molecule has 3 fully saturated rings. The molecule has 0 saturated heterocycles. The van der Waals surface area contributed by atoms with Crippen LogP contribution >= 0.6 is 0 Å². The number of rotatable bonds is 5. The van der Waals surface area contributed by atoms with E-state index in [-0.39, 0.29) is 42.5 Å². The second-order valence-electron chi connectivity index (χ2n) is 8.70. The van der Waals surface area contributed by atoms with Crippen molar-refractivity contribution in [2.75, 3.05) is 0 Å². The van der Waals surface area contributed by atoms with Crippen LogP contribution in [0.1, 0.15) is 64.2 Å². The van der Waals surface area contributed by atoms with Crippen LogP contribution in [0.3, 0.4) is 0 Å². The number of carboxylic acids is 1. The van der Waals surface area contributed by atoms with Crippen LogP contribution in [-0.4, -0.2) is 28.9 Å². The van der Waals surface area contributed by atoms with Crippen molar-refractivity contribution in [2.24, 2.45) is 28.0 Å². The van der Waals surface area contributed by atoms with E-state index in [0.717, 1.165) is 51.4 Å². The molecule has 9 heteroatoms. The maximum absolute atomic E-state index is 13.1. The molecule has 3 saturated carbocycles. The largest absolute Gasteiger partial charge is 0.481 e. The lowest BCUT2D eigenvalue weighted by Crippen LogP contribution is -2.27. The smallest absolute Gasteiger partial charge is 0.307 e. The second-order valence-corrected chi connectivity index (χ2v) is 8.70. The van der Waals surface area contributed by atoms with Crippen molar-refractivity contribution in [2.45, 2.75) is 76.3 Å². The number of azide groups is 2. The van der Waals surface area contributed by atoms with Gasteiger partial charge in [0.2, 0.25) is 0 Å². The molecule has 0 unspecified atom stereocenters. The van der Waals surface area contributed by atoms with Gasteiger partial charge in [-0.3, -0.25) is 9.59 Å². The maximum Gasteiger partial charge on any atom is 0.307 e. The SMILES string of the molecule is [N-]=[N+]=NC1CCC(/C=C2\CC(C(=O)O)C/C(=C\C3CCC(N=[N+]=[N-])CC3)C2=O)CC1. The number of nitrogens with zero attached hydrogens (tertiary/aromatic N) is 6. The summed E-state index contributed by atoms with van der Waals surface area (Å²) < 4.78 is 0. The molecule has 30 heavy (non-hydrogen) atoms. The van der Waals surface area contributed by atoms with Gasteiger partial charge in [0.15, 0.2) is 5.78 Å². The summed E-state index contributed by atoms with van der Waals surface area (Å²) in [6.07, 6.45) is 11.1. The van der Waals surface area contributed by atoms with Gasteiger partial charge in [0.1, 0.15) is 0 Å². The van der Waals surface area contributed by atoms with E-state index in [2.05, 4.69) is 20.1 Å². The molecule has 0 radical (unpaired) electrons. The van der Waals surface area contributed by atoms with Gasteiger partial charge in [-0.25, -0.2) is 0 Å². The molecule has 0 amide bonds. The van der Waals surface area contributed by atoms with Crippen LogP contribution in [0.25, 0.3) is 20.9 Å². The van der Waals surface area contributed by atoms with Gasteiger partial charge in [-0.15, -0.1) is 0 Å². The molecule has 160 valence electrons. The fraction of sp³-hybridized carbons (Fsp3) is 0.714. The van der Waals surface area contributed by atoms with Gasteiger partial charge < -0.3 is 5.11 Å². The van der Waals surface area contributed by atoms with Gasteiger partial charge in [-0.05, 0) is 98.3 Å². The third-order valence-electron chi connectivity index (χ3n) is 6.65. The zero-order valence-corrected chi connectivity index (χ0v) is 17.1. The van der Waals surface area contributed by atoms with Crippen molar-refractivity contribution in [3.05, 3.63) is 44.2 Å². The van der Waals surface area contributed by atoms with E-state index in [9.17, 15) is 14.7 Å². The Kier molecular flexibility index (Phi) is 7.55. The summed E-state index contributed by atoms with van der Waals surface area (Å²) in [5.74, 6) is -0.996. The zero-order chi connectivity index (χ0) is 21.5. The first-order chi connectivity index (χ1) is 14.5. The highest BCUT2D eigenvalue weighted by molar-refractivity contribution is 6.10. The first-order valence-electron chi connectivity index (χ1n) is 10.8. The average Bonchev–Trinajstić information content (AvgIpc) is 2.74. The van der Waals surface area contributed by atoms with E-state index in [4.69, 9.17) is 11.1 Å². The summed E-state index contributed by atoms with van der Waals surface area (Å²) in [6.45, 7) is 0. The second kappa shape index (κ2) is 10.3. The molecule has 0 bridgehead atoms. The zero-order valence-electron chi connectivity index (χ0n) is 17.1.